The summed E-state index contributed by atoms with van der Waals surface area (Å²) in [4.78, 5) is 82.0. The predicted octanol–water partition coefficient (Wildman–Crippen LogP) is 3.18. The summed E-state index contributed by atoms with van der Waals surface area (Å²) in [5.41, 5.74) is 2.41. The second kappa shape index (κ2) is 10.4. The second-order valence-corrected chi connectivity index (χ2v) is 13.2. The Morgan fingerprint density at radius 2 is 1.30 bits per heavy atom. The Kier molecular flexibility index (Phi) is 6.74. The number of benzene rings is 1. The van der Waals surface area contributed by atoms with Crippen molar-refractivity contribution in [3.8, 4) is 0 Å². The first-order valence-corrected chi connectivity index (χ1v) is 15.5. The van der Waals surface area contributed by atoms with Gasteiger partial charge in [0.2, 0.25) is 23.6 Å². The average molecular weight is 585 g/mol. The van der Waals surface area contributed by atoms with E-state index in [9.17, 15) is 28.8 Å². The van der Waals surface area contributed by atoms with Gasteiger partial charge in [-0.25, -0.2) is 4.79 Å². The maximum absolute atomic E-state index is 13.6. The van der Waals surface area contributed by atoms with Crippen LogP contribution in [0.5, 0.6) is 0 Å². The number of fused-ring (bicyclic) bond motifs is 10. The number of nitrogens with zero attached hydrogens (tertiary/aromatic N) is 2. The Bertz CT molecular complexity index is 1450. The highest BCUT2D eigenvalue weighted by Crippen LogP contribution is 2.54. The predicted molar refractivity (Wildman–Crippen MR) is 153 cm³/mol. The number of amides is 4. The van der Waals surface area contributed by atoms with Gasteiger partial charge in [-0.3, -0.25) is 33.8 Å². The van der Waals surface area contributed by atoms with Gasteiger partial charge in [-0.05, 0) is 86.8 Å². The molecule has 9 nitrogen and oxygen atoms in total. The fraction of sp³-hybridized carbons (Fsp3) is 0.529. The van der Waals surface area contributed by atoms with Crippen LogP contribution in [0.25, 0.3) is 0 Å². The SMILES string of the molecule is Cc1ccc(C(=O)COC(=O)[C@H](CCCCN2C(=O)[C@@H]3[C@H](C2=O)[C@H]2C=C[C@H]3C2)N2C(=O)[C@@H]3[C@@H](C2=O)[C@H]2C=C[C@H]3C2)cc1C. The van der Waals surface area contributed by atoms with Crippen LogP contribution >= 0.6 is 0 Å². The van der Waals surface area contributed by atoms with Crippen molar-refractivity contribution in [1.29, 1.82) is 0 Å². The van der Waals surface area contributed by atoms with E-state index in [0.717, 1.165) is 28.9 Å². The molecule has 0 unspecified atom stereocenters. The summed E-state index contributed by atoms with van der Waals surface area (Å²) in [6.45, 7) is 3.58. The lowest BCUT2D eigenvalue weighted by atomic mass is 9.85. The van der Waals surface area contributed by atoms with Gasteiger partial charge < -0.3 is 4.74 Å². The van der Waals surface area contributed by atoms with E-state index in [1.165, 1.54) is 4.90 Å². The highest BCUT2D eigenvalue weighted by atomic mass is 16.5. The van der Waals surface area contributed by atoms with Crippen molar-refractivity contribution in [3.05, 3.63) is 59.2 Å². The van der Waals surface area contributed by atoms with Gasteiger partial charge in [0, 0.05) is 12.1 Å². The number of imide groups is 2. The average Bonchev–Trinajstić information content (AvgIpc) is 3.84. The lowest BCUT2D eigenvalue weighted by Crippen LogP contribution is -2.47. The summed E-state index contributed by atoms with van der Waals surface area (Å²) in [6, 6.07) is 4.10. The minimum atomic E-state index is -1.16. The third kappa shape index (κ3) is 4.33. The molecule has 9 heteroatoms. The van der Waals surface area contributed by atoms with Crippen LogP contribution in [0.2, 0.25) is 0 Å². The second-order valence-electron chi connectivity index (χ2n) is 13.2. The Morgan fingerprint density at radius 3 is 1.84 bits per heavy atom. The third-order valence-electron chi connectivity index (χ3n) is 10.9. The zero-order valence-corrected chi connectivity index (χ0v) is 24.4. The van der Waals surface area contributed by atoms with Crippen LogP contribution in [0, 0.1) is 61.2 Å². The Balaban J connectivity index is 1.02. The molecule has 2 saturated carbocycles. The summed E-state index contributed by atoms with van der Waals surface area (Å²) in [6.07, 6.45) is 10.7. The fourth-order valence-electron chi connectivity index (χ4n) is 8.61. The van der Waals surface area contributed by atoms with Gasteiger partial charge in [0.05, 0.1) is 23.7 Å². The molecule has 2 heterocycles. The first kappa shape index (κ1) is 27.9. The molecule has 7 rings (SSSR count). The van der Waals surface area contributed by atoms with Gasteiger partial charge >= 0.3 is 5.97 Å². The zero-order valence-electron chi connectivity index (χ0n) is 24.4. The van der Waals surface area contributed by atoms with Gasteiger partial charge in [0.25, 0.3) is 0 Å². The molecule has 2 saturated heterocycles. The monoisotopic (exact) mass is 584 g/mol. The van der Waals surface area contributed by atoms with Crippen molar-refractivity contribution < 1.29 is 33.5 Å². The van der Waals surface area contributed by atoms with Crippen LogP contribution in [-0.4, -0.2) is 64.4 Å². The molecule has 1 aromatic rings. The molecular formula is C34H36N2O7. The molecular weight excluding hydrogens is 548 g/mol. The number of allylic oxidation sites excluding steroid dienone is 4. The largest absolute Gasteiger partial charge is 0.456 e. The van der Waals surface area contributed by atoms with Gasteiger partial charge in [-0.15, -0.1) is 0 Å². The van der Waals surface area contributed by atoms with Crippen molar-refractivity contribution >= 4 is 35.4 Å². The maximum atomic E-state index is 13.6. The number of Topliss-reactive ketones (excluding diaryl/α,β-unsaturated/α-hetero) is 1. The Labute approximate surface area is 250 Å². The van der Waals surface area contributed by atoms with Crippen LogP contribution in [0.1, 0.15) is 53.6 Å². The molecule has 4 bridgehead atoms. The number of hydrogen-bond acceptors (Lipinski definition) is 7. The molecule has 0 N–H and O–H groups in total. The smallest absolute Gasteiger partial charge is 0.329 e. The van der Waals surface area contributed by atoms with E-state index >= 15 is 0 Å². The van der Waals surface area contributed by atoms with Gasteiger partial charge in [-0.2, -0.15) is 0 Å². The number of ether oxygens (including phenoxy) is 1. The molecule has 4 amide bonds. The minimum Gasteiger partial charge on any atom is -0.456 e. The molecule has 1 aromatic carbocycles. The number of unbranched alkanes of at least 4 members (excludes halogenated alkanes) is 1. The summed E-state index contributed by atoms with van der Waals surface area (Å²) in [5.74, 6) is -3.27. The van der Waals surface area contributed by atoms with E-state index < -0.39 is 30.5 Å². The van der Waals surface area contributed by atoms with Crippen molar-refractivity contribution in [2.24, 2.45) is 47.3 Å². The normalized spacial score (nSPS) is 33.6. The lowest BCUT2D eigenvalue weighted by Gasteiger charge is -2.26. The number of hydrogen-bond donors (Lipinski definition) is 0. The van der Waals surface area contributed by atoms with Crippen molar-refractivity contribution in [2.45, 2.75) is 52.0 Å². The van der Waals surface area contributed by atoms with Crippen LogP contribution in [0.3, 0.4) is 0 Å². The standard InChI is InChI=1S/C34H36N2O7/c1-17-6-7-19(13-18(17)2)25(37)16-43-34(42)24(36-32(40)28-22-10-11-23(15-22)29(28)33(36)41)5-3-4-12-35-30(38)26-20-8-9-21(14-20)27(26)31(35)39/h6-11,13,20-24,26-29H,3-5,12,14-16H2,1-2H3/t20-,21-,22-,23-,24-,26-,27+,28-,29-/m0/s1. The summed E-state index contributed by atoms with van der Waals surface area (Å²) in [5, 5.41) is 0. The molecule has 43 heavy (non-hydrogen) atoms. The van der Waals surface area contributed by atoms with Crippen molar-refractivity contribution in [3.63, 3.8) is 0 Å². The van der Waals surface area contributed by atoms with E-state index in [0.29, 0.717) is 18.4 Å². The Hall–Kier alpha value is -3.88. The topological polar surface area (TPSA) is 118 Å². The van der Waals surface area contributed by atoms with E-state index in [1.807, 2.05) is 32.1 Å². The molecule has 2 aliphatic heterocycles. The van der Waals surface area contributed by atoms with Gasteiger partial charge in [0.15, 0.2) is 12.4 Å². The van der Waals surface area contributed by atoms with Crippen molar-refractivity contribution in [2.75, 3.05) is 13.2 Å². The number of aryl methyl sites for hydroxylation is 2. The first-order valence-electron chi connectivity index (χ1n) is 15.5. The maximum Gasteiger partial charge on any atom is 0.329 e. The van der Waals surface area contributed by atoms with Gasteiger partial charge in [0.1, 0.15) is 6.04 Å². The molecule has 9 atom stereocenters. The first-order chi connectivity index (χ1) is 20.7. The molecule has 224 valence electrons. The van der Waals surface area contributed by atoms with Crippen LogP contribution in [0.15, 0.2) is 42.5 Å². The van der Waals surface area contributed by atoms with Crippen molar-refractivity contribution in [1.82, 2.24) is 9.80 Å². The summed E-state index contributed by atoms with van der Waals surface area (Å²) in [7, 11) is 0. The third-order valence-corrected chi connectivity index (χ3v) is 10.9. The highest BCUT2D eigenvalue weighted by molar-refractivity contribution is 6.09. The zero-order chi connectivity index (χ0) is 30.2. The number of carbonyl (C=O) groups excluding carboxylic acids is 6. The molecule has 4 fully saturated rings. The summed E-state index contributed by atoms with van der Waals surface area (Å²) < 4.78 is 5.46. The van der Waals surface area contributed by atoms with E-state index in [4.69, 9.17) is 4.74 Å². The fourth-order valence-corrected chi connectivity index (χ4v) is 8.61. The number of rotatable bonds is 10. The number of carbonyl (C=O) groups is 6. The molecule has 4 aliphatic carbocycles. The Morgan fingerprint density at radius 1 is 0.767 bits per heavy atom. The molecule has 0 spiro atoms. The number of esters is 1. The summed E-state index contributed by atoms with van der Waals surface area (Å²) >= 11 is 0. The van der Waals surface area contributed by atoms with E-state index in [2.05, 4.69) is 12.2 Å². The lowest BCUT2D eigenvalue weighted by molar-refractivity contribution is -0.159. The molecule has 6 aliphatic rings. The van der Waals surface area contributed by atoms with Gasteiger partial charge in [-0.1, -0.05) is 36.4 Å². The molecule has 0 radical (unpaired) electrons. The van der Waals surface area contributed by atoms with E-state index in [-0.39, 0.29) is 77.9 Å². The molecule has 0 aromatic heterocycles. The number of ketones is 1. The van der Waals surface area contributed by atoms with E-state index in [1.54, 1.807) is 12.1 Å². The number of likely N-dealkylation sites (tertiary alicyclic amines) is 2. The van der Waals surface area contributed by atoms with Crippen LogP contribution in [-0.2, 0) is 28.7 Å². The van der Waals surface area contributed by atoms with Crippen LogP contribution < -0.4 is 0 Å². The van der Waals surface area contributed by atoms with Crippen LogP contribution in [0.4, 0.5) is 0 Å². The quantitative estimate of drug-likeness (QED) is 0.136. The minimum absolute atomic E-state index is 0.00380. The highest BCUT2D eigenvalue weighted by Gasteiger charge is 2.61.